The van der Waals surface area contributed by atoms with Gasteiger partial charge in [0.1, 0.15) is 6.54 Å². The van der Waals surface area contributed by atoms with E-state index in [1.165, 1.54) is 0 Å². The smallest absolute Gasteiger partial charge is 0.481 e. The van der Waals surface area contributed by atoms with Crippen LogP contribution in [0.5, 0.6) is 0 Å². The van der Waals surface area contributed by atoms with Crippen molar-refractivity contribution in [2.45, 2.75) is 12.5 Å². The first kappa shape index (κ1) is 12.7. The summed E-state index contributed by atoms with van der Waals surface area (Å²) in [5.41, 5.74) is 0. The molecule has 6 heteroatoms. The summed E-state index contributed by atoms with van der Waals surface area (Å²) < 4.78 is 4.91. The Labute approximate surface area is 82.3 Å². The van der Waals surface area contributed by atoms with E-state index >= 15 is 0 Å². The fourth-order valence-corrected chi connectivity index (χ4v) is 1.09. The van der Waals surface area contributed by atoms with E-state index in [0.717, 1.165) is 0 Å². The van der Waals surface area contributed by atoms with Gasteiger partial charge in [0.2, 0.25) is 0 Å². The third kappa shape index (κ3) is 7.35. The molecule has 0 rings (SSSR count). The molecule has 2 N–H and O–H groups in total. The van der Waals surface area contributed by atoms with Crippen LogP contribution in [0.2, 0.25) is 0 Å². The van der Waals surface area contributed by atoms with Crippen molar-refractivity contribution >= 4 is 12.1 Å². The average Bonchev–Trinajstić information content (AvgIpc) is 1.77. The summed E-state index contributed by atoms with van der Waals surface area (Å²) in [5, 5.41) is 16.9. The van der Waals surface area contributed by atoms with E-state index in [0.29, 0.717) is 11.0 Å². The predicted octanol–water partition coefficient (Wildman–Crippen LogP) is 0.230. The summed E-state index contributed by atoms with van der Waals surface area (Å²) in [7, 11) is 5.50. The lowest BCUT2D eigenvalue weighted by molar-refractivity contribution is -0.873. The van der Waals surface area contributed by atoms with Crippen molar-refractivity contribution in [3.8, 4) is 0 Å². The van der Waals surface area contributed by atoms with Crippen LogP contribution in [-0.4, -0.2) is 60.6 Å². The Bertz CT molecular complexity index is 204. The zero-order valence-corrected chi connectivity index (χ0v) is 8.56. The normalized spacial score (nSPS) is 13.4. The van der Waals surface area contributed by atoms with Crippen molar-refractivity contribution in [1.29, 1.82) is 0 Å². The molecule has 1 atom stereocenters. The Morgan fingerprint density at radius 2 is 1.79 bits per heavy atom. The number of ether oxygens (including phenoxy) is 1. The number of carboxylic acids is 1. The van der Waals surface area contributed by atoms with Crippen LogP contribution < -0.4 is 0 Å². The maximum Gasteiger partial charge on any atom is 0.506 e. The van der Waals surface area contributed by atoms with Gasteiger partial charge in [0.25, 0.3) is 0 Å². The molecule has 0 aromatic heterocycles. The average molecular weight is 206 g/mol. The lowest BCUT2D eigenvalue weighted by Gasteiger charge is -2.27. The van der Waals surface area contributed by atoms with Gasteiger partial charge in [-0.2, -0.15) is 0 Å². The minimum absolute atomic E-state index is 0.304. The van der Waals surface area contributed by atoms with E-state index in [9.17, 15) is 9.59 Å². The number of rotatable bonds is 5. The molecule has 0 saturated carbocycles. The molecule has 0 spiro atoms. The third-order valence-corrected chi connectivity index (χ3v) is 1.42. The van der Waals surface area contributed by atoms with Crippen LogP contribution in [0, 0.1) is 0 Å². The molecular weight excluding hydrogens is 190 g/mol. The maximum absolute atomic E-state index is 10.4. The Morgan fingerprint density at radius 1 is 1.29 bits per heavy atom. The summed E-state index contributed by atoms with van der Waals surface area (Å²) in [6.07, 6.45) is -2.54. The first-order valence-electron chi connectivity index (χ1n) is 4.12. The van der Waals surface area contributed by atoms with E-state index in [-0.39, 0.29) is 6.42 Å². The van der Waals surface area contributed by atoms with Gasteiger partial charge >= 0.3 is 12.1 Å². The van der Waals surface area contributed by atoms with Gasteiger partial charge in [0, 0.05) is 0 Å². The monoisotopic (exact) mass is 206 g/mol. The number of aliphatic carboxylic acids is 1. The van der Waals surface area contributed by atoms with Gasteiger partial charge in [-0.1, -0.05) is 0 Å². The lowest BCUT2D eigenvalue weighted by atomic mass is 10.2. The minimum atomic E-state index is -1.44. The summed E-state index contributed by atoms with van der Waals surface area (Å²) in [4.78, 5) is 20.7. The molecular formula is C8H16NO5+. The number of carboxylic acid groups (broad SMARTS) is 2. The molecule has 0 heterocycles. The SMILES string of the molecule is C[N+](C)(C)C[C@@H](CC(=O)O)OC(=O)O. The standard InChI is InChI=1S/C8H15NO5/c1-9(2,3)5-6(4-7(10)11)14-8(12)13/h6H,4-5H2,1-3H3,(H-,10,11,12,13)/p+1/t6-/m1/s1. The first-order valence-corrected chi connectivity index (χ1v) is 4.12. The van der Waals surface area contributed by atoms with Crippen LogP contribution >= 0.6 is 0 Å². The predicted molar refractivity (Wildman–Crippen MR) is 48.1 cm³/mol. The largest absolute Gasteiger partial charge is 0.506 e. The zero-order valence-electron chi connectivity index (χ0n) is 8.56. The van der Waals surface area contributed by atoms with E-state index in [4.69, 9.17) is 10.2 Å². The lowest BCUT2D eigenvalue weighted by Crippen LogP contribution is -2.43. The zero-order chi connectivity index (χ0) is 11.4. The highest BCUT2D eigenvalue weighted by atomic mass is 16.7. The minimum Gasteiger partial charge on any atom is -0.481 e. The van der Waals surface area contributed by atoms with Gasteiger partial charge in [-0.3, -0.25) is 4.79 Å². The number of hydrogen-bond donors (Lipinski definition) is 2. The Hall–Kier alpha value is -1.30. The number of quaternary nitrogens is 1. The Kier molecular flexibility index (Phi) is 4.36. The van der Waals surface area contributed by atoms with Crippen LogP contribution in [0.15, 0.2) is 0 Å². The topological polar surface area (TPSA) is 83.8 Å². The van der Waals surface area contributed by atoms with Crippen molar-refractivity contribution in [1.82, 2.24) is 0 Å². The first-order chi connectivity index (χ1) is 6.20. The molecule has 0 aromatic carbocycles. The van der Waals surface area contributed by atoms with E-state index in [2.05, 4.69) is 4.74 Å². The summed E-state index contributed by atoms with van der Waals surface area (Å²) in [5.74, 6) is -1.07. The molecule has 0 aromatic rings. The molecule has 0 aliphatic rings. The van der Waals surface area contributed by atoms with Gasteiger partial charge in [0.05, 0.1) is 27.6 Å². The molecule has 0 aliphatic heterocycles. The number of nitrogens with zero attached hydrogens (tertiary/aromatic N) is 1. The number of hydrogen-bond acceptors (Lipinski definition) is 3. The van der Waals surface area contributed by atoms with Crippen LogP contribution in [-0.2, 0) is 9.53 Å². The van der Waals surface area contributed by atoms with Gasteiger partial charge in [-0.25, -0.2) is 4.79 Å². The van der Waals surface area contributed by atoms with Crippen molar-refractivity contribution in [2.24, 2.45) is 0 Å². The van der Waals surface area contributed by atoms with Crippen LogP contribution in [0.4, 0.5) is 4.79 Å². The highest BCUT2D eigenvalue weighted by Gasteiger charge is 2.24. The second kappa shape index (κ2) is 4.80. The highest BCUT2D eigenvalue weighted by Crippen LogP contribution is 2.04. The van der Waals surface area contributed by atoms with Gasteiger partial charge in [-0.05, 0) is 0 Å². The highest BCUT2D eigenvalue weighted by molar-refractivity contribution is 5.68. The molecule has 14 heavy (non-hydrogen) atoms. The molecule has 0 saturated heterocycles. The molecule has 0 unspecified atom stereocenters. The molecule has 0 amide bonds. The van der Waals surface area contributed by atoms with Crippen molar-refractivity contribution in [2.75, 3.05) is 27.7 Å². The van der Waals surface area contributed by atoms with E-state index in [1.807, 2.05) is 21.1 Å². The van der Waals surface area contributed by atoms with Gasteiger partial charge < -0.3 is 19.4 Å². The molecule has 6 nitrogen and oxygen atoms in total. The second-order valence-corrected chi connectivity index (χ2v) is 4.08. The summed E-state index contributed by atoms with van der Waals surface area (Å²) in [6.45, 7) is 0.332. The number of likely N-dealkylation sites (N-methyl/N-ethyl adjacent to an activating group) is 1. The summed E-state index contributed by atoms with van der Waals surface area (Å²) in [6, 6.07) is 0. The Morgan fingerprint density at radius 3 is 2.07 bits per heavy atom. The van der Waals surface area contributed by atoms with Gasteiger partial charge in [0.15, 0.2) is 6.10 Å². The number of carbonyl (C=O) groups is 2. The Balaban J connectivity index is 4.24. The van der Waals surface area contributed by atoms with Crippen LogP contribution in [0.1, 0.15) is 6.42 Å². The molecule has 0 fully saturated rings. The second-order valence-electron chi connectivity index (χ2n) is 4.08. The van der Waals surface area contributed by atoms with Crippen molar-refractivity contribution < 1.29 is 29.0 Å². The summed E-state index contributed by atoms with van der Waals surface area (Å²) >= 11 is 0. The molecule has 0 bridgehead atoms. The maximum atomic E-state index is 10.4. The fraction of sp³-hybridized carbons (Fsp3) is 0.750. The molecule has 0 aliphatic carbocycles. The van der Waals surface area contributed by atoms with Crippen molar-refractivity contribution in [3.63, 3.8) is 0 Å². The molecule has 82 valence electrons. The fourth-order valence-electron chi connectivity index (χ4n) is 1.09. The van der Waals surface area contributed by atoms with Crippen LogP contribution in [0.3, 0.4) is 0 Å². The van der Waals surface area contributed by atoms with E-state index < -0.39 is 18.2 Å². The van der Waals surface area contributed by atoms with Gasteiger partial charge in [-0.15, -0.1) is 0 Å². The third-order valence-electron chi connectivity index (χ3n) is 1.42. The van der Waals surface area contributed by atoms with Crippen molar-refractivity contribution in [3.05, 3.63) is 0 Å². The quantitative estimate of drug-likeness (QED) is 0.497. The molecule has 0 radical (unpaired) electrons. The van der Waals surface area contributed by atoms with E-state index in [1.54, 1.807) is 0 Å². The van der Waals surface area contributed by atoms with Crippen LogP contribution in [0.25, 0.3) is 0 Å².